The molecule has 0 aliphatic carbocycles. The average Bonchev–Trinajstić information content (AvgIpc) is 3.02. The van der Waals surface area contributed by atoms with Crippen LogP contribution in [-0.2, 0) is 0 Å². The van der Waals surface area contributed by atoms with Crippen molar-refractivity contribution < 1.29 is 0 Å². The minimum absolute atomic E-state index is 0.404. The highest BCUT2D eigenvalue weighted by atomic mass is 15.3. The number of hydrogen-bond acceptors (Lipinski definition) is 4. The summed E-state index contributed by atoms with van der Waals surface area (Å²) >= 11 is 0. The second-order valence-electron chi connectivity index (χ2n) is 4.96. The van der Waals surface area contributed by atoms with Gasteiger partial charge in [0.25, 0.3) is 0 Å². The Labute approximate surface area is 112 Å². The molecule has 1 aliphatic heterocycles. The summed E-state index contributed by atoms with van der Waals surface area (Å²) < 4.78 is 0. The Morgan fingerprint density at radius 2 is 2.21 bits per heavy atom. The maximum atomic E-state index is 5.84. The van der Waals surface area contributed by atoms with E-state index in [1.165, 1.54) is 12.8 Å². The van der Waals surface area contributed by atoms with Crippen LogP contribution in [0, 0.1) is 0 Å². The van der Waals surface area contributed by atoms with Crippen LogP contribution >= 0.6 is 0 Å². The highest BCUT2D eigenvalue weighted by molar-refractivity contribution is 5.58. The summed E-state index contributed by atoms with van der Waals surface area (Å²) in [6.07, 6.45) is 7.43. The Morgan fingerprint density at radius 1 is 1.26 bits per heavy atom. The van der Waals surface area contributed by atoms with Gasteiger partial charge in [-0.3, -0.25) is 0 Å². The predicted molar refractivity (Wildman–Crippen MR) is 75.9 cm³/mol. The maximum Gasteiger partial charge on any atom is 0.151 e. The lowest BCUT2D eigenvalue weighted by atomic mass is 10.0. The van der Waals surface area contributed by atoms with Crippen LogP contribution in [0.15, 0.2) is 30.6 Å². The molecule has 1 unspecified atom stereocenters. The van der Waals surface area contributed by atoms with Crippen molar-refractivity contribution >= 4 is 5.82 Å². The van der Waals surface area contributed by atoms with Crippen molar-refractivity contribution in [3.8, 4) is 11.3 Å². The summed E-state index contributed by atoms with van der Waals surface area (Å²) in [5, 5.41) is 8.68. The number of nitrogens with two attached hydrogens (primary N) is 1. The van der Waals surface area contributed by atoms with Gasteiger partial charge in [0.05, 0.1) is 5.69 Å². The Balaban J connectivity index is 1.81. The fraction of sp³-hybridized carbons (Fsp3) is 0.429. The number of H-pyrrole nitrogens is 1. The molecule has 100 valence electrons. The van der Waals surface area contributed by atoms with E-state index in [1.807, 2.05) is 30.6 Å². The molecule has 2 aromatic rings. The van der Waals surface area contributed by atoms with E-state index in [0.717, 1.165) is 30.0 Å². The minimum atomic E-state index is 0.404. The molecule has 1 aliphatic rings. The molecular weight excluding hydrogens is 238 g/mol. The van der Waals surface area contributed by atoms with E-state index in [4.69, 9.17) is 5.73 Å². The number of aromatic amines is 1. The van der Waals surface area contributed by atoms with Gasteiger partial charge in [0.1, 0.15) is 0 Å². The van der Waals surface area contributed by atoms with Crippen LogP contribution in [0.2, 0.25) is 0 Å². The third kappa shape index (κ3) is 2.46. The van der Waals surface area contributed by atoms with Gasteiger partial charge in [-0.15, -0.1) is 10.2 Å². The number of nitrogens with zero attached hydrogens (tertiary/aromatic N) is 3. The van der Waals surface area contributed by atoms with Gasteiger partial charge in [0, 0.05) is 37.1 Å². The van der Waals surface area contributed by atoms with Crippen molar-refractivity contribution in [3.63, 3.8) is 0 Å². The summed E-state index contributed by atoms with van der Waals surface area (Å²) in [6, 6.07) is 6.46. The van der Waals surface area contributed by atoms with E-state index in [0.29, 0.717) is 12.6 Å². The molecule has 1 fully saturated rings. The van der Waals surface area contributed by atoms with E-state index >= 15 is 0 Å². The summed E-state index contributed by atoms with van der Waals surface area (Å²) in [5.74, 6) is 0.939. The van der Waals surface area contributed by atoms with E-state index in [1.54, 1.807) is 0 Å². The molecule has 3 N–H and O–H groups in total. The number of piperidine rings is 1. The summed E-state index contributed by atoms with van der Waals surface area (Å²) in [6.45, 7) is 1.71. The van der Waals surface area contributed by atoms with Gasteiger partial charge in [-0.05, 0) is 37.5 Å². The summed E-state index contributed by atoms with van der Waals surface area (Å²) in [5.41, 5.74) is 7.80. The van der Waals surface area contributed by atoms with Crippen molar-refractivity contribution in [2.24, 2.45) is 5.73 Å². The largest absolute Gasteiger partial charge is 0.367 e. The molecule has 3 heterocycles. The maximum absolute atomic E-state index is 5.84. The zero-order valence-electron chi connectivity index (χ0n) is 10.9. The fourth-order valence-corrected chi connectivity index (χ4v) is 2.66. The van der Waals surface area contributed by atoms with Gasteiger partial charge in [0.2, 0.25) is 0 Å². The first-order valence-corrected chi connectivity index (χ1v) is 6.82. The molecule has 5 nitrogen and oxygen atoms in total. The molecule has 0 aromatic carbocycles. The summed E-state index contributed by atoms with van der Waals surface area (Å²) in [7, 11) is 0. The van der Waals surface area contributed by atoms with Crippen LogP contribution in [0.25, 0.3) is 11.3 Å². The molecule has 19 heavy (non-hydrogen) atoms. The quantitative estimate of drug-likeness (QED) is 0.879. The van der Waals surface area contributed by atoms with Gasteiger partial charge in [-0.2, -0.15) is 0 Å². The zero-order valence-corrected chi connectivity index (χ0v) is 10.9. The van der Waals surface area contributed by atoms with E-state index in [9.17, 15) is 0 Å². The van der Waals surface area contributed by atoms with Crippen LogP contribution in [0.5, 0.6) is 0 Å². The average molecular weight is 257 g/mol. The normalized spacial score (nSPS) is 19.6. The molecule has 0 amide bonds. The second-order valence-corrected chi connectivity index (χ2v) is 4.96. The van der Waals surface area contributed by atoms with Crippen molar-refractivity contribution in [1.82, 2.24) is 15.2 Å². The van der Waals surface area contributed by atoms with E-state index in [2.05, 4.69) is 20.1 Å². The first kappa shape index (κ1) is 12.2. The van der Waals surface area contributed by atoms with Gasteiger partial charge in [-0.1, -0.05) is 0 Å². The second kappa shape index (κ2) is 5.40. The van der Waals surface area contributed by atoms with Gasteiger partial charge in [-0.25, -0.2) is 0 Å². The number of anilines is 1. The molecule has 1 atom stereocenters. The molecule has 3 rings (SSSR count). The Kier molecular flexibility index (Phi) is 3.46. The molecule has 0 bridgehead atoms. The lowest BCUT2D eigenvalue weighted by Crippen LogP contribution is -2.44. The molecule has 2 aromatic heterocycles. The molecule has 1 saturated heterocycles. The van der Waals surface area contributed by atoms with Crippen molar-refractivity contribution in [2.75, 3.05) is 18.0 Å². The van der Waals surface area contributed by atoms with Crippen LogP contribution < -0.4 is 10.6 Å². The third-order valence-corrected chi connectivity index (χ3v) is 3.74. The topological polar surface area (TPSA) is 70.8 Å². The fourth-order valence-electron chi connectivity index (χ4n) is 2.66. The lowest BCUT2D eigenvalue weighted by Gasteiger charge is -2.35. The molecule has 0 spiro atoms. The molecule has 0 radical (unpaired) electrons. The number of aromatic nitrogens is 3. The van der Waals surface area contributed by atoms with E-state index < -0.39 is 0 Å². The first-order chi connectivity index (χ1) is 9.38. The molecule has 5 heteroatoms. The van der Waals surface area contributed by atoms with E-state index in [-0.39, 0.29) is 0 Å². The smallest absolute Gasteiger partial charge is 0.151 e. The Hall–Kier alpha value is -1.88. The zero-order chi connectivity index (χ0) is 13.1. The van der Waals surface area contributed by atoms with Crippen molar-refractivity contribution in [1.29, 1.82) is 0 Å². The first-order valence-electron chi connectivity index (χ1n) is 6.82. The number of nitrogens with one attached hydrogen (secondary N) is 1. The standard InChI is InChI=1S/C14H19N5/c15-9-12-3-1-2-8-19(12)14-5-4-13(17-18-14)11-6-7-16-10-11/h4-7,10,12,16H,1-3,8-9,15H2. The monoisotopic (exact) mass is 257 g/mol. The molecular formula is C14H19N5. The predicted octanol–water partition coefficient (Wildman–Crippen LogP) is 1.79. The highest BCUT2D eigenvalue weighted by Gasteiger charge is 2.22. The third-order valence-electron chi connectivity index (χ3n) is 3.74. The van der Waals surface area contributed by atoms with Crippen LogP contribution in [0.3, 0.4) is 0 Å². The van der Waals surface area contributed by atoms with Crippen LogP contribution in [-0.4, -0.2) is 34.3 Å². The molecule has 0 saturated carbocycles. The van der Waals surface area contributed by atoms with Crippen LogP contribution in [0.1, 0.15) is 19.3 Å². The van der Waals surface area contributed by atoms with Gasteiger partial charge in [0.15, 0.2) is 5.82 Å². The summed E-state index contributed by atoms with van der Waals surface area (Å²) in [4.78, 5) is 5.32. The lowest BCUT2D eigenvalue weighted by molar-refractivity contribution is 0.461. The van der Waals surface area contributed by atoms with Gasteiger partial charge >= 0.3 is 0 Å². The SMILES string of the molecule is NCC1CCCCN1c1ccc(-c2cc[nH]c2)nn1. The minimum Gasteiger partial charge on any atom is -0.367 e. The van der Waals surface area contributed by atoms with Crippen LogP contribution in [0.4, 0.5) is 5.82 Å². The van der Waals surface area contributed by atoms with Crippen molar-refractivity contribution in [2.45, 2.75) is 25.3 Å². The van der Waals surface area contributed by atoms with Crippen molar-refractivity contribution in [3.05, 3.63) is 30.6 Å². The number of hydrogen-bond donors (Lipinski definition) is 2. The number of rotatable bonds is 3. The Bertz CT molecular complexity index is 505. The Morgan fingerprint density at radius 3 is 2.89 bits per heavy atom. The highest BCUT2D eigenvalue weighted by Crippen LogP contribution is 2.23. The van der Waals surface area contributed by atoms with Gasteiger partial charge < -0.3 is 15.6 Å².